The lowest BCUT2D eigenvalue weighted by Gasteiger charge is -2.09. The normalized spacial score (nSPS) is 10.8. The van der Waals surface area contributed by atoms with E-state index in [4.69, 9.17) is 16.4 Å². The molecule has 0 rings (SSSR count). The van der Waals surface area contributed by atoms with Gasteiger partial charge in [-0.05, 0) is 6.42 Å². The van der Waals surface area contributed by atoms with Gasteiger partial charge in [-0.2, -0.15) is 5.26 Å². The minimum Gasteiger partial charge on any atom is -0.466 e. The zero-order valence-electron chi connectivity index (χ0n) is 9.77. The molecule has 0 saturated carbocycles. The highest BCUT2D eigenvalue weighted by Gasteiger charge is 2.18. The van der Waals surface area contributed by atoms with Gasteiger partial charge in [0.05, 0.1) is 25.0 Å². The molecule has 0 aromatic carbocycles. The fourth-order valence-corrected chi connectivity index (χ4v) is 0.985. The van der Waals surface area contributed by atoms with Crippen LogP contribution in [0.2, 0.25) is 0 Å². The number of terminal acetylenes is 1. The average Bonchev–Trinajstić information content (AvgIpc) is 2.31. The predicted octanol–water partition coefficient (Wildman–Crippen LogP) is 1.04. The van der Waals surface area contributed by atoms with E-state index in [1.165, 1.54) is 0 Å². The molecule has 0 aliphatic carbocycles. The van der Waals surface area contributed by atoms with Gasteiger partial charge >= 0.3 is 11.9 Å². The molecule has 1 atom stereocenters. The first kappa shape index (κ1) is 15.0. The summed E-state index contributed by atoms with van der Waals surface area (Å²) in [5, 5.41) is 8.26. The highest BCUT2D eigenvalue weighted by molar-refractivity contribution is 5.79. The van der Waals surface area contributed by atoms with E-state index in [1.54, 1.807) is 6.92 Å². The lowest BCUT2D eigenvalue weighted by atomic mass is 10.1. The fraction of sp³-hybridized carbons (Fsp3) is 0.583. The molecule has 0 aromatic heterocycles. The number of carbonyl (C=O) groups is 2. The van der Waals surface area contributed by atoms with Crippen molar-refractivity contribution in [2.75, 3.05) is 13.2 Å². The van der Waals surface area contributed by atoms with E-state index in [0.29, 0.717) is 12.8 Å². The third-order valence-corrected chi connectivity index (χ3v) is 1.87. The van der Waals surface area contributed by atoms with Crippen LogP contribution in [0.5, 0.6) is 0 Å². The van der Waals surface area contributed by atoms with Crippen LogP contribution in [0.15, 0.2) is 0 Å². The van der Waals surface area contributed by atoms with Gasteiger partial charge < -0.3 is 9.47 Å². The number of unbranched alkanes of at least 4 members (excludes halogenated alkanes) is 1. The smallest absolute Gasteiger partial charge is 0.310 e. The Morgan fingerprint density at radius 3 is 2.71 bits per heavy atom. The zero-order valence-corrected chi connectivity index (χ0v) is 9.77. The van der Waals surface area contributed by atoms with Crippen LogP contribution in [-0.2, 0) is 19.1 Å². The van der Waals surface area contributed by atoms with E-state index in [2.05, 4.69) is 10.7 Å². The van der Waals surface area contributed by atoms with Crippen molar-refractivity contribution >= 4 is 11.9 Å². The van der Waals surface area contributed by atoms with Crippen LogP contribution in [0, 0.1) is 29.6 Å². The van der Waals surface area contributed by atoms with Gasteiger partial charge in [0, 0.05) is 6.42 Å². The highest BCUT2D eigenvalue weighted by Crippen LogP contribution is 2.06. The maximum absolute atomic E-state index is 11.2. The van der Waals surface area contributed by atoms with E-state index in [9.17, 15) is 9.59 Å². The van der Waals surface area contributed by atoms with E-state index in [-0.39, 0.29) is 19.6 Å². The van der Waals surface area contributed by atoms with Crippen molar-refractivity contribution in [3.63, 3.8) is 0 Å². The van der Waals surface area contributed by atoms with Gasteiger partial charge in [-0.25, -0.2) is 0 Å². The summed E-state index contributed by atoms with van der Waals surface area (Å²) in [4.78, 5) is 22.5. The maximum Gasteiger partial charge on any atom is 0.310 e. The molecule has 0 heterocycles. The van der Waals surface area contributed by atoms with Gasteiger partial charge in [0.2, 0.25) is 0 Å². The van der Waals surface area contributed by atoms with Gasteiger partial charge in [-0.3, -0.25) is 9.59 Å². The first-order valence-corrected chi connectivity index (χ1v) is 5.24. The molecule has 0 N–H and O–H groups in total. The van der Waals surface area contributed by atoms with E-state index >= 15 is 0 Å². The molecule has 5 heteroatoms. The molecule has 0 spiro atoms. The van der Waals surface area contributed by atoms with Crippen LogP contribution >= 0.6 is 0 Å². The summed E-state index contributed by atoms with van der Waals surface area (Å²) >= 11 is 0. The molecule has 1 unspecified atom stereocenters. The number of ether oxygens (including phenoxy) is 2. The van der Waals surface area contributed by atoms with Crippen LogP contribution < -0.4 is 0 Å². The van der Waals surface area contributed by atoms with Crippen molar-refractivity contribution in [3.05, 3.63) is 0 Å². The van der Waals surface area contributed by atoms with Crippen molar-refractivity contribution in [2.24, 2.45) is 5.92 Å². The molecule has 0 fully saturated rings. The standard InChI is InChI=1S/C12H15NO4/c1-3-7-17-12(15)10(2)9-11(14)16-8-5-4-6-13/h1,10H,4-5,7-9H2,2H3. The maximum atomic E-state index is 11.2. The van der Waals surface area contributed by atoms with Gasteiger partial charge in [0.25, 0.3) is 0 Å². The monoisotopic (exact) mass is 237 g/mol. The number of esters is 2. The summed E-state index contributed by atoms with van der Waals surface area (Å²) in [6.45, 7) is 1.66. The highest BCUT2D eigenvalue weighted by atomic mass is 16.5. The summed E-state index contributed by atoms with van der Waals surface area (Å²) < 4.78 is 9.50. The van der Waals surface area contributed by atoms with Crippen LogP contribution in [0.3, 0.4) is 0 Å². The largest absolute Gasteiger partial charge is 0.466 e. The van der Waals surface area contributed by atoms with Crippen molar-refractivity contribution in [1.29, 1.82) is 5.26 Å². The Morgan fingerprint density at radius 2 is 2.12 bits per heavy atom. The quantitative estimate of drug-likeness (QED) is 0.375. The van der Waals surface area contributed by atoms with Crippen LogP contribution in [0.25, 0.3) is 0 Å². The summed E-state index contributed by atoms with van der Waals surface area (Å²) in [6, 6.07) is 1.94. The molecule has 92 valence electrons. The lowest BCUT2D eigenvalue weighted by Crippen LogP contribution is -2.20. The van der Waals surface area contributed by atoms with Gasteiger partial charge in [0.15, 0.2) is 6.61 Å². The second kappa shape index (κ2) is 9.23. The zero-order chi connectivity index (χ0) is 13.1. The molecule has 0 bridgehead atoms. The number of nitriles is 1. The molecule has 0 aromatic rings. The molecule has 17 heavy (non-hydrogen) atoms. The van der Waals surface area contributed by atoms with E-state index in [1.807, 2.05) is 6.07 Å². The number of hydrogen-bond donors (Lipinski definition) is 0. The molecular weight excluding hydrogens is 222 g/mol. The van der Waals surface area contributed by atoms with Crippen molar-refractivity contribution in [2.45, 2.75) is 26.2 Å². The second-order valence-corrected chi connectivity index (χ2v) is 3.40. The fourth-order valence-electron chi connectivity index (χ4n) is 0.985. The van der Waals surface area contributed by atoms with Crippen molar-refractivity contribution in [3.8, 4) is 18.4 Å². The summed E-state index contributed by atoms with van der Waals surface area (Å²) in [7, 11) is 0. The molecule has 0 radical (unpaired) electrons. The SMILES string of the molecule is C#CCOC(=O)C(C)CC(=O)OCCCC#N. The first-order valence-electron chi connectivity index (χ1n) is 5.24. The minimum absolute atomic E-state index is 0.0457. The second-order valence-electron chi connectivity index (χ2n) is 3.40. The van der Waals surface area contributed by atoms with Crippen molar-refractivity contribution in [1.82, 2.24) is 0 Å². The van der Waals surface area contributed by atoms with Gasteiger partial charge in [-0.1, -0.05) is 12.8 Å². The van der Waals surface area contributed by atoms with E-state index in [0.717, 1.165) is 0 Å². The molecule has 0 aliphatic heterocycles. The number of hydrogen-bond acceptors (Lipinski definition) is 5. The van der Waals surface area contributed by atoms with Crippen LogP contribution in [0.4, 0.5) is 0 Å². The van der Waals surface area contributed by atoms with Gasteiger partial charge in [0.1, 0.15) is 0 Å². The van der Waals surface area contributed by atoms with Crippen LogP contribution in [-0.4, -0.2) is 25.2 Å². The Balaban J connectivity index is 3.76. The Bertz CT molecular complexity index is 337. The summed E-state index contributed by atoms with van der Waals surface area (Å²) in [6.07, 6.45) is 5.72. The van der Waals surface area contributed by atoms with E-state index < -0.39 is 17.9 Å². The molecule has 0 amide bonds. The Kier molecular flexibility index (Phi) is 8.14. The number of rotatable bonds is 7. The average molecular weight is 237 g/mol. The Morgan fingerprint density at radius 1 is 1.41 bits per heavy atom. The predicted molar refractivity (Wildman–Crippen MR) is 59.4 cm³/mol. The molecule has 5 nitrogen and oxygen atoms in total. The molecule has 0 saturated heterocycles. The lowest BCUT2D eigenvalue weighted by molar-refractivity contribution is -0.153. The Hall–Kier alpha value is -2.01. The summed E-state index contributed by atoms with van der Waals surface area (Å²) in [5.41, 5.74) is 0. The first-order chi connectivity index (χ1) is 8.11. The van der Waals surface area contributed by atoms with Gasteiger partial charge in [-0.15, -0.1) is 6.42 Å². The molecular formula is C12H15NO4. The topological polar surface area (TPSA) is 76.4 Å². The number of carbonyl (C=O) groups excluding carboxylic acids is 2. The molecule has 0 aliphatic rings. The third-order valence-electron chi connectivity index (χ3n) is 1.87. The summed E-state index contributed by atoms with van der Waals surface area (Å²) in [5.74, 6) is 0.593. The third kappa shape index (κ3) is 7.87. The number of nitrogens with zero attached hydrogens (tertiary/aromatic N) is 1. The van der Waals surface area contributed by atoms with Crippen LogP contribution in [0.1, 0.15) is 26.2 Å². The Labute approximate surface area is 101 Å². The van der Waals surface area contributed by atoms with Crippen molar-refractivity contribution < 1.29 is 19.1 Å². The minimum atomic E-state index is -0.577.